The van der Waals surface area contributed by atoms with Crippen LogP contribution in [0.15, 0.2) is 24.3 Å². The van der Waals surface area contributed by atoms with Gasteiger partial charge in [0, 0.05) is 0 Å². The van der Waals surface area contributed by atoms with Gasteiger partial charge in [0.05, 0.1) is 13.2 Å². The molecule has 0 atom stereocenters. The van der Waals surface area contributed by atoms with Crippen molar-refractivity contribution in [2.75, 3.05) is 26.4 Å². The lowest BCUT2D eigenvalue weighted by Gasteiger charge is -2.07. The number of esters is 2. The summed E-state index contributed by atoms with van der Waals surface area (Å²) in [5.74, 6) is -0.826. The van der Waals surface area contributed by atoms with Crippen molar-refractivity contribution in [1.29, 1.82) is 0 Å². The van der Waals surface area contributed by atoms with Gasteiger partial charge in [-0.05, 0) is 64.2 Å². The van der Waals surface area contributed by atoms with Crippen LogP contribution in [0.25, 0.3) is 0 Å². The van der Waals surface area contributed by atoms with Crippen molar-refractivity contribution >= 4 is 11.9 Å². The van der Waals surface area contributed by atoms with Crippen LogP contribution in [0, 0.1) is 0 Å². The molecule has 0 unspecified atom stereocenters. The molecule has 0 saturated carbocycles. The Balaban J connectivity index is 3.32. The van der Waals surface area contributed by atoms with E-state index in [4.69, 9.17) is 14.2 Å². The fourth-order valence-electron chi connectivity index (χ4n) is 5.37. The highest BCUT2D eigenvalue weighted by molar-refractivity contribution is 5.73. The third kappa shape index (κ3) is 38.5. The number of allylic oxidation sites excluding steroid dienone is 4. The zero-order valence-corrected chi connectivity index (χ0v) is 30.0. The fraction of sp³-hybridized carbons (Fsp3) is 0.850. The minimum atomic E-state index is -0.413. The maximum Gasteiger partial charge on any atom is 0.332 e. The number of hydrogen-bond acceptors (Lipinski definition) is 5. The molecule has 0 aromatic heterocycles. The van der Waals surface area contributed by atoms with E-state index in [2.05, 4.69) is 38.2 Å². The van der Waals surface area contributed by atoms with Gasteiger partial charge in [-0.3, -0.25) is 0 Å². The summed E-state index contributed by atoms with van der Waals surface area (Å²) in [6.45, 7) is 4.97. The number of carbonyl (C=O) groups is 2. The number of unbranched alkanes of at least 4 members (excludes halogenated alkanes) is 24. The molecule has 0 aromatic rings. The van der Waals surface area contributed by atoms with Crippen LogP contribution < -0.4 is 0 Å². The number of ether oxygens (including phenoxy) is 3. The first-order valence-corrected chi connectivity index (χ1v) is 19.4. The van der Waals surface area contributed by atoms with Crippen molar-refractivity contribution < 1.29 is 23.8 Å². The number of carbonyl (C=O) groups excluding carboxylic acids is 2. The van der Waals surface area contributed by atoms with E-state index in [9.17, 15) is 9.59 Å². The number of rotatable bonds is 36. The molecule has 0 rings (SSSR count). The van der Waals surface area contributed by atoms with E-state index in [1.165, 1.54) is 154 Å². The largest absolute Gasteiger partial charge is 0.464 e. The Hall–Kier alpha value is -1.62. The SMILES string of the molecule is CCCCCCCC/C=C\CCCCCCCCOC(=O)COCC(=O)OCCCCCCCC/C=C\CCCCCCCC. The quantitative estimate of drug-likeness (QED) is 0.0390. The molecule has 0 radical (unpaired) electrons. The van der Waals surface area contributed by atoms with E-state index in [-0.39, 0.29) is 13.2 Å². The van der Waals surface area contributed by atoms with Gasteiger partial charge < -0.3 is 14.2 Å². The molecular formula is C40H74O5. The molecule has 264 valence electrons. The van der Waals surface area contributed by atoms with Gasteiger partial charge in [-0.2, -0.15) is 0 Å². The van der Waals surface area contributed by atoms with E-state index in [1.807, 2.05) is 0 Å². The van der Waals surface area contributed by atoms with Crippen molar-refractivity contribution in [2.24, 2.45) is 0 Å². The normalized spacial score (nSPS) is 11.6. The molecule has 0 aliphatic heterocycles. The van der Waals surface area contributed by atoms with Crippen molar-refractivity contribution in [1.82, 2.24) is 0 Å². The molecule has 5 nitrogen and oxygen atoms in total. The topological polar surface area (TPSA) is 61.8 Å². The first kappa shape index (κ1) is 43.4. The third-order valence-electron chi connectivity index (χ3n) is 8.28. The van der Waals surface area contributed by atoms with Gasteiger partial charge in [0.25, 0.3) is 0 Å². The van der Waals surface area contributed by atoms with Crippen molar-refractivity contribution in [3.63, 3.8) is 0 Å². The van der Waals surface area contributed by atoms with E-state index in [0.29, 0.717) is 13.2 Å². The highest BCUT2D eigenvalue weighted by Gasteiger charge is 2.07. The Kier molecular flexibility index (Phi) is 37.2. The summed E-state index contributed by atoms with van der Waals surface area (Å²) in [6, 6.07) is 0. The van der Waals surface area contributed by atoms with Crippen molar-refractivity contribution in [3.05, 3.63) is 24.3 Å². The van der Waals surface area contributed by atoms with Crippen LogP contribution in [0.2, 0.25) is 0 Å². The molecule has 0 aliphatic carbocycles. The van der Waals surface area contributed by atoms with E-state index < -0.39 is 11.9 Å². The maximum absolute atomic E-state index is 11.8. The fourth-order valence-corrected chi connectivity index (χ4v) is 5.37. The molecule has 0 spiro atoms. The minimum Gasteiger partial charge on any atom is -0.464 e. The molecule has 0 amide bonds. The maximum atomic E-state index is 11.8. The Morgan fingerprint density at radius 2 is 0.644 bits per heavy atom. The van der Waals surface area contributed by atoms with E-state index in [0.717, 1.165) is 25.7 Å². The van der Waals surface area contributed by atoms with Crippen molar-refractivity contribution in [2.45, 2.75) is 194 Å². The molecular weight excluding hydrogens is 560 g/mol. The van der Waals surface area contributed by atoms with Crippen LogP contribution in [0.4, 0.5) is 0 Å². The van der Waals surface area contributed by atoms with Gasteiger partial charge in [0.2, 0.25) is 0 Å². The second kappa shape index (κ2) is 38.6. The monoisotopic (exact) mass is 635 g/mol. The Labute approximate surface area is 279 Å². The summed E-state index contributed by atoms with van der Waals surface area (Å²) < 4.78 is 15.6. The molecule has 0 saturated heterocycles. The average Bonchev–Trinajstić information content (AvgIpc) is 3.04. The smallest absolute Gasteiger partial charge is 0.332 e. The van der Waals surface area contributed by atoms with Crippen LogP contribution in [0.1, 0.15) is 194 Å². The summed E-state index contributed by atoms with van der Waals surface area (Å²) in [7, 11) is 0. The lowest BCUT2D eigenvalue weighted by atomic mass is 10.1. The molecule has 5 heteroatoms. The summed E-state index contributed by atoms with van der Waals surface area (Å²) in [4.78, 5) is 23.6. The summed E-state index contributed by atoms with van der Waals surface area (Å²) in [6.07, 6.45) is 44.5. The predicted molar refractivity (Wildman–Crippen MR) is 192 cm³/mol. The first-order valence-electron chi connectivity index (χ1n) is 19.4. The zero-order chi connectivity index (χ0) is 32.7. The first-order chi connectivity index (χ1) is 22.2. The Morgan fingerprint density at radius 1 is 0.378 bits per heavy atom. The number of hydrogen-bond donors (Lipinski definition) is 0. The lowest BCUT2D eigenvalue weighted by molar-refractivity contribution is -0.155. The van der Waals surface area contributed by atoms with Gasteiger partial charge in [-0.25, -0.2) is 9.59 Å². The summed E-state index contributed by atoms with van der Waals surface area (Å²) in [5, 5.41) is 0. The van der Waals surface area contributed by atoms with Gasteiger partial charge in [-0.15, -0.1) is 0 Å². The molecule has 45 heavy (non-hydrogen) atoms. The standard InChI is InChI=1S/C40H74O5/c1-3-5-7-9-11-13-15-17-19-21-23-25-27-29-31-33-35-44-39(41)37-43-38-40(42)45-36-34-32-30-28-26-24-22-20-18-16-14-12-10-8-6-4-2/h17-20H,3-16,21-38H2,1-2H3/b19-17-,20-18-. The molecule has 0 fully saturated rings. The van der Waals surface area contributed by atoms with Crippen molar-refractivity contribution in [3.8, 4) is 0 Å². The third-order valence-corrected chi connectivity index (χ3v) is 8.28. The zero-order valence-electron chi connectivity index (χ0n) is 30.0. The molecule has 0 aliphatic rings. The highest BCUT2D eigenvalue weighted by atomic mass is 16.6. The van der Waals surface area contributed by atoms with Gasteiger partial charge >= 0.3 is 11.9 Å². The van der Waals surface area contributed by atoms with Gasteiger partial charge in [-0.1, -0.05) is 154 Å². The molecule has 0 heterocycles. The average molecular weight is 635 g/mol. The second-order valence-corrected chi connectivity index (χ2v) is 12.8. The second-order valence-electron chi connectivity index (χ2n) is 12.8. The summed E-state index contributed by atoms with van der Waals surface area (Å²) in [5.41, 5.74) is 0. The highest BCUT2D eigenvalue weighted by Crippen LogP contribution is 2.11. The predicted octanol–water partition coefficient (Wildman–Crippen LogP) is 12.2. The van der Waals surface area contributed by atoms with Gasteiger partial charge in [0.1, 0.15) is 13.2 Å². The minimum absolute atomic E-state index is 0.199. The molecule has 0 N–H and O–H groups in total. The van der Waals surface area contributed by atoms with E-state index in [1.54, 1.807) is 0 Å². The Bertz CT molecular complexity index is 616. The van der Waals surface area contributed by atoms with E-state index >= 15 is 0 Å². The Morgan fingerprint density at radius 3 is 0.956 bits per heavy atom. The molecule has 0 aromatic carbocycles. The van der Waals surface area contributed by atoms with Crippen LogP contribution in [-0.4, -0.2) is 38.4 Å². The summed E-state index contributed by atoms with van der Waals surface area (Å²) >= 11 is 0. The van der Waals surface area contributed by atoms with Crippen LogP contribution in [-0.2, 0) is 23.8 Å². The molecule has 0 bridgehead atoms. The van der Waals surface area contributed by atoms with Gasteiger partial charge in [0.15, 0.2) is 0 Å². The lowest BCUT2D eigenvalue weighted by Crippen LogP contribution is -2.19. The van der Waals surface area contributed by atoms with Crippen LogP contribution >= 0.6 is 0 Å². The van der Waals surface area contributed by atoms with Crippen LogP contribution in [0.5, 0.6) is 0 Å². The van der Waals surface area contributed by atoms with Crippen LogP contribution in [0.3, 0.4) is 0 Å².